The molecular formula is C17H19N3O2S. The molecule has 1 saturated heterocycles. The molecule has 1 fully saturated rings. The molecule has 1 aromatic carbocycles. The molecule has 120 valence electrons. The number of carbonyl (C=O) groups excluding carboxylic acids is 2. The Kier molecular flexibility index (Phi) is 4.17. The van der Waals surface area contributed by atoms with Gasteiger partial charge in [0, 0.05) is 29.7 Å². The molecule has 0 aliphatic carbocycles. The Morgan fingerprint density at radius 3 is 2.74 bits per heavy atom. The van der Waals surface area contributed by atoms with Gasteiger partial charge in [-0.15, -0.1) is 11.3 Å². The zero-order valence-corrected chi connectivity index (χ0v) is 14.2. The number of aromatic nitrogens is 1. The minimum atomic E-state index is -0.340. The highest BCUT2D eigenvalue weighted by Crippen LogP contribution is 2.28. The van der Waals surface area contributed by atoms with Gasteiger partial charge < -0.3 is 10.2 Å². The summed E-state index contributed by atoms with van der Waals surface area (Å²) in [6.07, 6.45) is 1.96. The third-order valence-corrected chi connectivity index (χ3v) is 4.98. The molecule has 2 heterocycles. The SMILES string of the molecule is Cc1cnc(NC(=O)[C@@H]2CC(=O)N(c3ccc(C)c(C)c3)C2)s1. The monoisotopic (exact) mass is 329 g/mol. The molecule has 23 heavy (non-hydrogen) atoms. The molecule has 0 unspecified atom stereocenters. The zero-order valence-electron chi connectivity index (χ0n) is 13.4. The molecule has 1 N–H and O–H groups in total. The van der Waals surface area contributed by atoms with Crippen LogP contribution in [-0.4, -0.2) is 23.3 Å². The summed E-state index contributed by atoms with van der Waals surface area (Å²) in [6, 6.07) is 5.94. The van der Waals surface area contributed by atoms with Gasteiger partial charge in [-0.1, -0.05) is 6.07 Å². The molecule has 6 heteroatoms. The lowest BCUT2D eigenvalue weighted by atomic mass is 10.1. The minimum absolute atomic E-state index is 0.0104. The van der Waals surface area contributed by atoms with Crippen LogP contribution in [0.3, 0.4) is 0 Å². The molecule has 1 atom stereocenters. The summed E-state index contributed by atoms with van der Waals surface area (Å²) in [5.41, 5.74) is 3.19. The Balaban J connectivity index is 1.71. The number of hydrogen-bond donors (Lipinski definition) is 1. The van der Waals surface area contributed by atoms with Gasteiger partial charge >= 0.3 is 0 Å². The Morgan fingerprint density at radius 2 is 2.09 bits per heavy atom. The maximum atomic E-state index is 12.3. The molecule has 2 amide bonds. The van der Waals surface area contributed by atoms with E-state index in [1.165, 1.54) is 16.9 Å². The van der Waals surface area contributed by atoms with Gasteiger partial charge in [0.1, 0.15) is 0 Å². The van der Waals surface area contributed by atoms with Crippen molar-refractivity contribution >= 4 is 34.0 Å². The third kappa shape index (κ3) is 3.27. The summed E-state index contributed by atoms with van der Waals surface area (Å²) in [7, 11) is 0. The van der Waals surface area contributed by atoms with E-state index in [9.17, 15) is 9.59 Å². The zero-order chi connectivity index (χ0) is 16.6. The van der Waals surface area contributed by atoms with Crippen molar-refractivity contribution in [3.8, 4) is 0 Å². The number of aryl methyl sites for hydroxylation is 3. The van der Waals surface area contributed by atoms with Crippen molar-refractivity contribution in [3.63, 3.8) is 0 Å². The molecule has 0 bridgehead atoms. The second-order valence-corrected chi connectivity index (χ2v) is 7.17. The highest BCUT2D eigenvalue weighted by atomic mass is 32.1. The normalized spacial score (nSPS) is 17.6. The summed E-state index contributed by atoms with van der Waals surface area (Å²) < 4.78 is 0. The largest absolute Gasteiger partial charge is 0.312 e. The lowest BCUT2D eigenvalue weighted by Crippen LogP contribution is -2.28. The van der Waals surface area contributed by atoms with E-state index in [1.54, 1.807) is 11.1 Å². The fourth-order valence-corrected chi connectivity index (χ4v) is 3.31. The van der Waals surface area contributed by atoms with Crippen molar-refractivity contribution in [2.45, 2.75) is 27.2 Å². The van der Waals surface area contributed by atoms with Crippen LogP contribution in [0.5, 0.6) is 0 Å². The van der Waals surface area contributed by atoms with E-state index in [0.717, 1.165) is 16.1 Å². The van der Waals surface area contributed by atoms with Gasteiger partial charge in [0.2, 0.25) is 11.8 Å². The first-order chi connectivity index (χ1) is 10.9. The number of rotatable bonds is 3. The van der Waals surface area contributed by atoms with Crippen LogP contribution in [0.1, 0.15) is 22.4 Å². The van der Waals surface area contributed by atoms with Crippen molar-refractivity contribution in [1.29, 1.82) is 0 Å². The average Bonchev–Trinajstić information content (AvgIpc) is 3.08. The topological polar surface area (TPSA) is 62.3 Å². The predicted octanol–water partition coefficient (Wildman–Crippen LogP) is 3.06. The molecule has 1 aromatic heterocycles. The van der Waals surface area contributed by atoms with Gasteiger partial charge in [-0.05, 0) is 44.0 Å². The van der Waals surface area contributed by atoms with Crippen molar-refractivity contribution in [3.05, 3.63) is 40.4 Å². The van der Waals surface area contributed by atoms with E-state index in [4.69, 9.17) is 0 Å². The fraction of sp³-hybridized carbons (Fsp3) is 0.353. The van der Waals surface area contributed by atoms with Crippen LogP contribution in [0.25, 0.3) is 0 Å². The number of amides is 2. The number of carbonyl (C=O) groups is 2. The number of anilines is 2. The van der Waals surface area contributed by atoms with Crippen LogP contribution in [0.4, 0.5) is 10.8 Å². The first-order valence-electron chi connectivity index (χ1n) is 7.55. The predicted molar refractivity (Wildman–Crippen MR) is 91.9 cm³/mol. The van der Waals surface area contributed by atoms with Crippen LogP contribution >= 0.6 is 11.3 Å². The fourth-order valence-electron chi connectivity index (χ4n) is 2.65. The molecule has 0 spiro atoms. The first-order valence-corrected chi connectivity index (χ1v) is 8.36. The lowest BCUT2D eigenvalue weighted by Gasteiger charge is -2.17. The molecule has 5 nitrogen and oxygen atoms in total. The van der Waals surface area contributed by atoms with Crippen LogP contribution in [0.15, 0.2) is 24.4 Å². The molecule has 1 aliphatic rings. The Morgan fingerprint density at radius 1 is 1.30 bits per heavy atom. The number of nitrogens with zero attached hydrogens (tertiary/aromatic N) is 2. The molecule has 2 aromatic rings. The van der Waals surface area contributed by atoms with Crippen molar-refractivity contribution in [2.24, 2.45) is 5.92 Å². The van der Waals surface area contributed by atoms with Crippen molar-refractivity contribution in [1.82, 2.24) is 4.98 Å². The molecule has 0 radical (unpaired) electrons. The van der Waals surface area contributed by atoms with Gasteiger partial charge in [-0.25, -0.2) is 4.98 Å². The summed E-state index contributed by atoms with van der Waals surface area (Å²) >= 11 is 1.43. The van der Waals surface area contributed by atoms with Gasteiger partial charge in [0.15, 0.2) is 5.13 Å². The van der Waals surface area contributed by atoms with Gasteiger partial charge in [-0.3, -0.25) is 9.59 Å². The van der Waals surface area contributed by atoms with E-state index >= 15 is 0 Å². The lowest BCUT2D eigenvalue weighted by molar-refractivity contribution is -0.122. The van der Waals surface area contributed by atoms with Crippen molar-refractivity contribution < 1.29 is 9.59 Å². The van der Waals surface area contributed by atoms with Gasteiger partial charge in [0.25, 0.3) is 0 Å². The standard InChI is InChI=1S/C17H19N3O2S/c1-10-4-5-14(6-11(10)2)20-9-13(7-15(20)21)16(22)19-17-18-8-12(3)23-17/h4-6,8,13H,7,9H2,1-3H3,(H,18,19,22)/t13-/m1/s1. The number of hydrogen-bond acceptors (Lipinski definition) is 4. The Bertz CT molecular complexity index is 769. The van der Waals surface area contributed by atoms with E-state index in [-0.39, 0.29) is 24.2 Å². The van der Waals surface area contributed by atoms with Crippen LogP contribution in [-0.2, 0) is 9.59 Å². The van der Waals surface area contributed by atoms with Crippen molar-refractivity contribution in [2.75, 3.05) is 16.8 Å². The second kappa shape index (κ2) is 6.12. The number of nitrogens with one attached hydrogen (secondary N) is 1. The third-order valence-electron chi connectivity index (χ3n) is 4.15. The van der Waals surface area contributed by atoms with E-state index < -0.39 is 0 Å². The van der Waals surface area contributed by atoms with Gasteiger partial charge in [-0.2, -0.15) is 0 Å². The van der Waals surface area contributed by atoms with E-state index in [1.807, 2.05) is 39.0 Å². The molecular weight excluding hydrogens is 310 g/mol. The highest BCUT2D eigenvalue weighted by molar-refractivity contribution is 7.15. The summed E-state index contributed by atoms with van der Waals surface area (Å²) in [5, 5.41) is 3.39. The van der Waals surface area contributed by atoms with Crippen LogP contribution in [0.2, 0.25) is 0 Å². The maximum absolute atomic E-state index is 12.3. The highest BCUT2D eigenvalue weighted by Gasteiger charge is 2.35. The summed E-state index contributed by atoms with van der Waals surface area (Å²) in [5.74, 6) is -0.490. The van der Waals surface area contributed by atoms with Crippen LogP contribution < -0.4 is 10.2 Å². The average molecular weight is 329 g/mol. The maximum Gasteiger partial charge on any atom is 0.231 e. The number of benzene rings is 1. The molecule has 0 saturated carbocycles. The Hall–Kier alpha value is -2.21. The minimum Gasteiger partial charge on any atom is -0.312 e. The summed E-state index contributed by atoms with van der Waals surface area (Å²) in [4.78, 5) is 31.5. The van der Waals surface area contributed by atoms with Gasteiger partial charge in [0.05, 0.1) is 5.92 Å². The molecule has 3 rings (SSSR count). The van der Waals surface area contributed by atoms with Crippen LogP contribution in [0, 0.1) is 26.7 Å². The van der Waals surface area contributed by atoms with E-state index in [2.05, 4.69) is 10.3 Å². The Labute approximate surface area is 139 Å². The number of thiazole rings is 1. The summed E-state index contributed by atoms with van der Waals surface area (Å²) in [6.45, 7) is 6.41. The van der Waals surface area contributed by atoms with E-state index in [0.29, 0.717) is 11.7 Å². The molecule has 1 aliphatic heterocycles. The second-order valence-electron chi connectivity index (χ2n) is 5.94. The smallest absolute Gasteiger partial charge is 0.231 e. The quantitative estimate of drug-likeness (QED) is 0.941. The first kappa shape index (κ1) is 15.7.